The Balaban J connectivity index is 1.93. The molecule has 1 heterocycles. The van der Waals surface area contributed by atoms with Gasteiger partial charge in [-0.2, -0.15) is 0 Å². The minimum absolute atomic E-state index is 0.146. The van der Waals surface area contributed by atoms with Crippen LogP contribution in [0.3, 0.4) is 0 Å². The van der Waals surface area contributed by atoms with Crippen molar-refractivity contribution < 1.29 is 4.74 Å². The minimum Gasteiger partial charge on any atom is -0.481 e. The average Bonchev–Trinajstić information content (AvgIpc) is 2.40. The molecule has 5 N–H and O–H groups in total. The first kappa shape index (κ1) is 13.8. The van der Waals surface area contributed by atoms with E-state index in [0.717, 1.165) is 43.9 Å². The summed E-state index contributed by atoms with van der Waals surface area (Å²) in [5.41, 5.74) is 13.2. The summed E-state index contributed by atoms with van der Waals surface area (Å²) in [5, 5.41) is 3.39. The zero-order valence-electron chi connectivity index (χ0n) is 11.4. The van der Waals surface area contributed by atoms with Gasteiger partial charge in [0.2, 0.25) is 0 Å². The van der Waals surface area contributed by atoms with Crippen molar-refractivity contribution in [2.24, 2.45) is 16.5 Å². The van der Waals surface area contributed by atoms with Crippen LogP contribution in [0.25, 0.3) is 0 Å². The molecule has 1 unspecified atom stereocenters. The Morgan fingerprint density at radius 2 is 2.21 bits per heavy atom. The van der Waals surface area contributed by atoms with E-state index in [1.807, 2.05) is 19.1 Å². The molecule has 1 atom stereocenters. The van der Waals surface area contributed by atoms with Gasteiger partial charge in [0.25, 0.3) is 0 Å². The minimum atomic E-state index is -0.146. The van der Waals surface area contributed by atoms with E-state index in [1.165, 1.54) is 5.56 Å². The van der Waals surface area contributed by atoms with Crippen molar-refractivity contribution in [3.05, 3.63) is 23.8 Å². The van der Waals surface area contributed by atoms with Gasteiger partial charge >= 0.3 is 0 Å². The number of ether oxygens (including phenoxy) is 1. The Kier molecular flexibility index (Phi) is 4.76. The topological polar surface area (TPSA) is 85.7 Å². The van der Waals surface area contributed by atoms with Crippen LogP contribution >= 0.6 is 0 Å². The van der Waals surface area contributed by atoms with Gasteiger partial charge in [0, 0.05) is 6.54 Å². The van der Waals surface area contributed by atoms with Gasteiger partial charge in [-0.1, -0.05) is 6.07 Å². The normalized spacial score (nSPS) is 17.6. The molecular weight excluding hydrogens is 240 g/mol. The van der Waals surface area contributed by atoms with Crippen LogP contribution in [-0.4, -0.2) is 25.0 Å². The lowest BCUT2D eigenvalue weighted by Crippen LogP contribution is -2.33. The lowest BCUT2D eigenvalue weighted by molar-refractivity contribution is 0.281. The SMILES string of the molecule is CC1Oc2ccc(CNCCCCN)cc2N=C1N. The van der Waals surface area contributed by atoms with E-state index in [9.17, 15) is 0 Å². The van der Waals surface area contributed by atoms with Crippen molar-refractivity contribution >= 4 is 11.5 Å². The number of fused-ring (bicyclic) bond motifs is 1. The third-order valence-corrected chi connectivity index (χ3v) is 3.13. The fourth-order valence-corrected chi connectivity index (χ4v) is 1.97. The van der Waals surface area contributed by atoms with Crippen molar-refractivity contribution in [1.82, 2.24) is 5.32 Å². The summed E-state index contributed by atoms with van der Waals surface area (Å²) in [4.78, 5) is 4.37. The summed E-state index contributed by atoms with van der Waals surface area (Å²) in [7, 11) is 0. The Morgan fingerprint density at radius 1 is 1.37 bits per heavy atom. The molecule has 0 spiro atoms. The zero-order chi connectivity index (χ0) is 13.7. The second-order valence-corrected chi connectivity index (χ2v) is 4.77. The number of nitrogens with one attached hydrogen (secondary N) is 1. The molecule has 1 aromatic carbocycles. The lowest BCUT2D eigenvalue weighted by atomic mass is 10.1. The predicted molar refractivity (Wildman–Crippen MR) is 77.8 cm³/mol. The molecule has 0 aliphatic carbocycles. The second kappa shape index (κ2) is 6.54. The number of nitrogens with two attached hydrogens (primary N) is 2. The van der Waals surface area contributed by atoms with Gasteiger partial charge in [-0.05, 0) is 50.6 Å². The number of unbranched alkanes of at least 4 members (excludes halogenated alkanes) is 1. The molecule has 104 valence electrons. The summed E-state index contributed by atoms with van der Waals surface area (Å²) in [6.07, 6.45) is 2.02. The van der Waals surface area contributed by atoms with Crippen molar-refractivity contribution in [2.75, 3.05) is 13.1 Å². The molecule has 1 aromatic rings. The van der Waals surface area contributed by atoms with Crippen molar-refractivity contribution in [3.8, 4) is 5.75 Å². The van der Waals surface area contributed by atoms with Gasteiger partial charge in [0.05, 0.1) is 0 Å². The molecule has 0 saturated carbocycles. The first-order chi connectivity index (χ1) is 9.20. The summed E-state index contributed by atoms with van der Waals surface area (Å²) in [6, 6.07) is 6.03. The molecule has 1 aliphatic heterocycles. The van der Waals surface area contributed by atoms with Gasteiger partial charge in [-0.3, -0.25) is 0 Å². The summed E-state index contributed by atoms with van der Waals surface area (Å²) < 4.78 is 5.67. The van der Waals surface area contributed by atoms with Crippen LogP contribution in [0, 0.1) is 0 Å². The fraction of sp³-hybridized carbons (Fsp3) is 0.500. The van der Waals surface area contributed by atoms with E-state index in [2.05, 4.69) is 16.4 Å². The Bertz CT molecular complexity index is 459. The van der Waals surface area contributed by atoms with E-state index in [-0.39, 0.29) is 6.10 Å². The molecule has 0 fully saturated rings. The van der Waals surface area contributed by atoms with Gasteiger partial charge < -0.3 is 21.5 Å². The number of benzene rings is 1. The highest BCUT2D eigenvalue weighted by molar-refractivity contribution is 5.89. The Hall–Kier alpha value is -1.59. The molecule has 0 saturated heterocycles. The van der Waals surface area contributed by atoms with E-state index >= 15 is 0 Å². The largest absolute Gasteiger partial charge is 0.481 e. The number of aliphatic imine (C=N–C) groups is 1. The van der Waals surface area contributed by atoms with Crippen LogP contribution < -0.4 is 21.5 Å². The van der Waals surface area contributed by atoms with E-state index < -0.39 is 0 Å². The number of hydrogen-bond donors (Lipinski definition) is 3. The number of hydrogen-bond acceptors (Lipinski definition) is 5. The Morgan fingerprint density at radius 3 is 3.00 bits per heavy atom. The van der Waals surface area contributed by atoms with E-state index in [4.69, 9.17) is 16.2 Å². The molecular formula is C14H22N4O. The number of nitrogens with zero attached hydrogens (tertiary/aromatic N) is 1. The maximum Gasteiger partial charge on any atom is 0.153 e. The highest BCUT2D eigenvalue weighted by Gasteiger charge is 2.17. The average molecular weight is 262 g/mol. The molecule has 5 heteroatoms. The highest BCUT2D eigenvalue weighted by Crippen LogP contribution is 2.32. The third-order valence-electron chi connectivity index (χ3n) is 3.13. The van der Waals surface area contributed by atoms with E-state index in [1.54, 1.807) is 0 Å². The van der Waals surface area contributed by atoms with Crippen LogP contribution in [0.5, 0.6) is 5.75 Å². The molecule has 0 radical (unpaired) electrons. The molecule has 0 aromatic heterocycles. The van der Waals surface area contributed by atoms with Gasteiger partial charge in [-0.25, -0.2) is 4.99 Å². The highest BCUT2D eigenvalue weighted by atomic mass is 16.5. The number of amidine groups is 1. The zero-order valence-corrected chi connectivity index (χ0v) is 11.4. The summed E-state index contributed by atoms with van der Waals surface area (Å²) >= 11 is 0. The molecule has 0 amide bonds. The third kappa shape index (κ3) is 3.68. The molecule has 1 aliphatic rings. The first-order valence-electron chi connectivity index (χ1n) is 6.75. The second-order valence-electron chi connectivity index (χ2n) is 4.77. The monoisotopic (exact) mass is 262 g/mol. The predicted octanol–water partition coefficient (Wildman–Crippen LogP) is 1.28. The van der Waals surface area contributed by atoms with Gasteiger partial charge in [0.15, 0.2) is 6.10 Å². The maximum atomic E-state index is 5.80. The summed E-state index contributed by atoms with van der Waals surface area (Å²) in [5.74, 6) is 1.33. The lowest BCUT2D eigenvalue weighted by Gasteiger charge is -2.21. The molecule has 5 nitrogen and oxygen atoms in total. The van der Waals surface area contributed by atoms with Gasteiger partial charge in [-0.15, -0.1) is 0 Å². The first-order valence-corrected chi connectivity index (χ1v) is 6.75. The molecule has 2 rings (SSSR count). The molecule has 0 bridgehead atoms. The number of rotatable bonds is 6. The van der Waals surface area contributed by atoms with Gasteiger partial charge in [0.1, 0.15) is 17.3 Å². The van der Waals surface area contributed by atoms with Crippen molar-refractivity contribution in [1.29, 1.82) is 0 Å². The maximum absolute atomic E-state index is 5.80. The van der Waals surface area contributed by atoms with Crippen molar-refractivity contribution in [2.45, 2.75) is 32.4 Å². The van der Waals surface area contributed by atoms with Crippen molar-refractivity contribution in [3.63, 3.8) is 0 Å². The molecule has 19 heavy (non-hydrogen) atoms. The fourth-order valence-electron chi connectivity index (χ4n) is 1.97. The van der Waals surface area contributed by atoms with Crippen LogP contribution in [0.1, 0.15) is 25.3 Å². The standard InChI is InChI=1S/C14H22N4O/c1-10-14(16)18-12-8-11(4-5-13(12)19-10)9-17-7-3-2-6-15/h4-5,8,10,17H,2-3,6-7,9,15H2,1H3,(H2,16,18). The van der Waals surface area contributed by atoms with Crippen LogP contribution in [0.15, 0.2) is 23.2 Å². The summed E-state index contributed by atoms with van der Waals surface area (Å²) in [6.45, 7) is 4.45. The van der Waals surface area contributed by atoms with Crippen LogP contribution in [-0.2, 0) is 6.54 Å². The quantitative estimate of drug-likeness (QED) is 0.674. The Labute approximate surface area is 114 Å². The van der Waals surface area contributed by atoms with Crippen LogP contribution in [0.4, 0.5) is 5.69 Å². The van der Waals surface area contributed by atoms with Crippen LogP contribution in [0.2, 0.25) is 0 Å². The van der Waals surface area contributed by atoms with E-state index in [0.29, 0.717) is 5.84 Å². The smallest absolute Gasteiger partial charge is 0.153 e.